The van der Waals surface area contributed by atoms with Gasteiger partial charge in [0.05, 0.1) is 25.0 Å². The number of hydrogen-bond donors (Lipinski definition) is 1. The van der Waals surface area contributed by atoms with Crippen molar-refractivity contribution in [3.63, 3.8) is 0 Å². The Labute approximate surface area is 157 Å². The average Bonchev–Trinajstić information content (AvgIpc) is 2.62. The maximum atomic E-state index is 12.4. The molecule has 0 unspecified atom stereocenters. The molecule has 140 valence electrons. The summed E-state index contributed by atoms with van der Waals surface area (Å²) in [5.41, 5.74) is 2.43. The summed E-state index contributed by atoms with van der Waals surface area (Å²) >= 11 is 0. The minimum atomic E-state index is -3.41. The fraction of sp³-hybridized carbons (Fsp3) is 0.429. The van der Waals surface area contributed by atoms with E-state index in [1.807, 2.05) is 19.1 Å². The molecule has 1 aliphatic rings. The largest absolute Gasteiger partial charge is 0.322 e. The number of rotatable bonds is 6. The summed E-state index contributed by atoms with van der Waals surface area (Å²) in [6.45, 7) is 5.71. The van der Waals surface area contributed by atoms with Crippen molar-refractivity contribution in [2.24, 2.45) is 5.92 Å². The number of hydrogen-bond acceptors (Lipinski definition) is 2. The molecule has 0 amide bonds. The summed E-state index contributed by atoms with van der Waals surface area (Å²) in [6.07, 6.45) is 2.11. The first kappa shape index (κ1) is 19.1. The molecule has 0 aliphatic carbocycles. The summed E-state index contributed by atoms with van der Waals surface area (Å²) in [5, 5.41) is 0. The molecule has 0 saturated carbocycles. The number of aryl methyl sites for hydroxylation is 1. The second kappa shape index (κ2) is 7.91. The van der Waals surface area contributed by atoms with Crippen LogP contribution in [0.25, 0.3) is 0 Å². The van der Waals surface area contributed by atoms with E-state index in [1.165, 1.54) is 5.56 Å². The fourth-order valence-electron chi connectivity index (χ4n) is 3.66. The van der Waals surface area contributed by atoms with Crippen LogP contribution in [0.4, 0.5) is 0 Å². The molecule has 0 atom stereocenters. The summed E-state index contributed by atoms with van der Waals surface area (Å²) in [7, 11) is -1.10. The zero-order chi connectivity index (χ0) is 18.6. The lowest BCUT2D eigenvalue weighted by molar-refractivity contribution is -0.928. The Morgan fingerprint density at radius 3 is 2.23 bits per heavy atom. The minimum Gasteiger partial charge on any atom is -0.322 e. The molecular formula is C21H29N2O2S+. The number of nitrogens with zero attached hydrogens (tertiary/aromatic N) is 1. The average molecular weight is 374 g/mol. The van der Waals surface area contributed by atoms with Crippen LogP contribution in [0.2, 0.25) is 0 Å². The first-order chi connectivity index (χ1) is 12.4. The molecular weight excluding hydrogens is 344 g/mol. The summed E-state index contributed by atoms with van der Waals surface area (Å²) in [4.78, 5) is 0.351. The molecule has 1 saturated heterocycles. The minimum absolute atomic E-state index is 0.351. The lowest BCUT2D eigenvalue weighted by Gasteiger charge is -2.40. The molecule has 2 aromatic rings. The molecule has 1 fully saturated rings. The second-order valence-corrected chi connectivity index (χ2v) is 9.59. The van der Waals surface area contributed by atoms with Crippen LogP contribution in [0.1, 0.15) is 24.0 Å². The van der Waals surface area contributed by atoms with Gasteiger partial charge < -0.3 is 4.48 Å². The molecule has 0 aromatic heterocycles. The Morgan fingerprint density at radius 2 is 1.62 bits per heavy atom. The highest BCUT2D eigenvalue weighted by atomic mass is 32.2. The smallest absolute Gasteiger partial charge is 0.240 e. The molecule has 2 aromatic carbocycles. The number of sulfonamides is 1. The van der Waals surface area contributed by atoms with Crippen molar-refractivity contribution < 1.29 is 12.9 Å². The van der Waals surface area contributed by atoms with E-state index in [4.69, 9.17) is 0 Å². The number of nitrogens with one attached hydrogen (secondary N) is 1. The van der Waals surface area contributed by atoms with Crippen LogP contribution in [0.3, 0.4) is 0 Å². The van der Waals surface area contributed by atoms with Crippen molar-refractivity contribution in [2.45, 2.75) is 31.2 Å². The monoisotopic (exact) mass is 373 g/mol. The summed E-state index contributed by atoms with van der Waals surface area (Å²) in [5.74, 6) is 0.414. The normalized spacial score (nSPS) is 23.7. The van der Waals surface area contributed by atoms with Crippen LogP contribution in [0, 0.1) is 12.8 Å². The zero-order valence-corrected chi connectivity index (χ0v) is 16.5. The van der Waals surface area contributed by atoms with Crippen molar-refractivity contribution in [1.82, 2.24) is 4.72 Å². The van der Waals surface area contributed by atoms with Gasteiger partial charge in [-0.15, -0.1) is 0 Å². The Morgan fingerprint density at radius 1 is 1.00 bits per heavy atom. The van der Waals surface area contributed by atoms with Crippen molar-refractivity contribution in [2.75, 3.05) is 26.7 Å². The first-order valence-electron chi connectivity index (χ1n) is 9.30. The van der Waals surface area contributed by atoms with Crippen molar-refractivity contribution in [3.05, 3.63) is 65.7 Å². The Kier molecular flexibility index (Phi) is 5.80. The maximum absolute atomic E-state index is 12.4. The van der Waals surface area contributed by atoms with E-state index >= 15 is 0 Å². The predicted octanol–water partition coefficient (Wildman–Crippen LogP) is 3.33. The van der Waals surface area contributed by atoms with E-state index in [1.54, 1.807) is 12.1 Å². The standard InChI is InChI=1S/C21H29N2O2S/c1-18-8-10-21(11-9-18)26(24,25)22-16-19-12-14-23(2,15-13-19)17-20-6-4-3-5-7-20/h3-11,19,22H,12-17H2,1-2H3/q+1. The van der Waals surface area contributed by atoms with Gasteiger partial charge in [0, 0.05) is 24.9 Å². The quantitative estimate of drug-likeness (QED) is 0.790. The zero-order valence-electron chi connectivity index (χ0n) is 15.7. The third kappa shape index (κ3) is 4.93. The van der Waals surface area contributed by atoms with Gasteiger partial charge in [0.1, 0.15) is 6.54 Å². The summed E-state index contributed by atoms with van der Waals surface area (Å²) < 4.78 is 28.7. The van der Waals surface area contributed by atoms with Crippen LogP contribution < -0.4 is 4.72 Å². The van der Waals surface area contributed by atoms with E-state index in [9.17, 15) is 8.42 Å². The van der Waals surface area contributed by atoms with E-state index in [2.05, 4.69) is 42.1 Å². The van der Waals surface area contributed by atoms with Gasteiger partial charge in [-0.25, -0.2) is 13.1 Å². The molecule has 0 radical (unpaired) electrons. The molecule has 1 heterocycles. The fourth-order valence-corrected chi connectivity index (χ4v) is 4.78. The lowest BCUT2D eigenvalue weighted by Crippen LogP contribution is -2.50. The highest BCUT2D eigenvalue weighted by Crippen LogP contribution is 2.24. The van der Waals surface area contributed by atoms with Crippen LogP contribution in [0.5, 0.6) is 0 Å². The second-order valence-electron chi connectivity index (χ2n) is 7.82. The van der Waals surface area contributed by atoms with Crippen molar-refractivity contribution in [1.29, 1.82) is 0 Å². The van der Waals surface area contributed by atoms with Crippen LogP contribution in [0.15, 0.2) is 59.5 Å². The molecule has 0 spiro atoms. The molecule has 3 rings (SSSR count). The molecule has 1 aliphatic heterocycles. The Balaban J connectivity index is 1.51. The first-order valence-corrected chi connectivity index (χ1v) is 10.8. The lowest BCUT2D eigenvalue weighted by atomic mass is 9.95. The number of likely N-dealkylation sites (tertiary alicyclic amines) is 1. The molecule has 0 bridgehead atoms. The molecule has 4 nitrogen and oxygen atoms in total. The van der Waals surface area contributed by atoms with Gasteiger partial charge in [0.2, 0.25) is 10.0 Å². The number of piperidine rings is 1. The molecule has 1 N–H and O–H groups in total. The maximum Gasteiger partial charge on any atom is 0.240 e. The van der Waals surface area contributed by atoms with Crippen molar-refractivity contribution in [3.8, 4) is 0 Å². The van der Waals surface area contributed by atoms with Crippen LogP contribution >= 0.6 is 0 Å². The van der Waals surface area contributed by atoms with Gasteiger partial charge in [0.25, 0.3) is 0 Å². The molecule has 5 heteroatoms. The van der Waals surface area contributed by atoms with E-state index < -0.39 is 10.0 Å². The van der Waals surface area contributed by atoms with Gasteiger partial charge >= 0.3 is 0 Å². The van der Waals surface area contributed by atoms with E-state index in [-0.39, 0.29) is 0 Å². The number of quaternary nitrogens is 1. The van der Waals surface area contributed by atoms with Crippen LogP contribution in [-0.2, 0) is 16.6 Å². The Bertz CT molecular complexity index is 809. The topological polar surface area (TPSA) is 46.2 Å². The van der Waals surface area contributed by atoms with E-state index in [0.29, 0.717) is 17.4 Å². The third-order valence-electron chi connectivity index (χ3n) is 5.45. The van der Waals surface area contributed by atoms with Gasteiger partial charge in [-0.2, -0.15) is 0 Å². The number of benzene rings is 2. The summed E-state index contributed by atoms with van der Waals surface area (Å²) in [6, 6.07) is 17.6. The predicted molar refractivity (Wildman–Crippen MR) is 105 cm³/mol. The Hall–Kier alpha value is -1.69. The van der Waals surface area contributed by atoms with Gasteiger partial charge in [-0.05, 0) is 25.0 Å². The van der Waals surface area contributed by atoms with Crippen molar-refractivity contribution >= 4 is 10.0 Å². The van der Waals surface area contributed by atoms with Gasteiger partial charge in [-0.3, -0.25) is 0 Å². The van der Waals surface area contributed by atoms with Gasteiger partial charge in [0.15, 0.2) is 0 Å². The van der Waals surface area contributed by atoms with E-state index in [0.717, 1.165) is 42.5 Å². The SMILES string of the molecule is Cc1ccc(S(=O)(=O)NCC2CC[N+](C)(Cc3ccccc3)CC2)cc1. The molecule has 26 heavy (non-hydrogen) atoms. The highest BCUT2D eigenvalue weighted by Gasteiger charge is 2.30. The van der Waals surface area contributed by atoms with Gasteiger partial charge in [-0.1, -0.05) is 48.0 Å². The highest BCUT2D eigenvalue weighted by molar-refractivity contribution is 7.89. The third-order valence-corrected chi connectivity index (χ3v) is 6.89. The van der Waals surface area contributed by atoms with Crippen LogP contribution in [-0.4, -0.2) is 39.6 Å².